The second-order valence-corrected chi connectivity index (χ2v) is 6.61. The van der Waals surface area contributed by atoms with Gasteiger partial charge in [0, 0.05) is 26.1 Å². The Kier molecular flexibility index (Phi) is 5.91. The number of aromatic nitrogens is 3. The maximum Gasteiger partial charge on any atom is 0.490 e. The van der Waals surface area contributed by atoms with E-state index in [1.54, 1.807) is 9.58 Å². The average Bonchev–Trinajstić information content (AvgIpc) is 3.15. The maximum absolute atomic E-state index is 12.6. The van der Waals surface area contributed by atoms with Crippen molar-refractivity contribution in [2.45, 2.75) is 37.7 Å². The number of nitrogens with one attached hydrogen (secondary N) is 2. The zero-order chi connectivity index (χ0) is 21.2. The molecule has 0 unspecified atom stereocenters. The number of hydrogen-bond acceptors (Lipinski definition) is 7. The van der Waals surface area contributed by atoms with Crippen LogP contribution < -0.4 is 10.6 Å². The van der Waals surface area contributed by atoms with E-state index >= 15 is 0 Å². The van der Waals surface area contributed by atoms with Crippen LogP contribution in [0.3, 0.4) is 0 Å². The Morgan fingerprint density at radius 2 is 1.97 bits per heavy atom. The minimum absolute atomic E-state index is 0.00861. The summed E-state index contributed by atoms with van der Waals surface area (Å²) >= 11 is 0. The molecule has 0 spiro atoms. The van der Waals surface area contributed by atoms with E-state index in [-0.39, 0.29) is 23.9 Å². The SMILES string of the molecule is O=C(O)C(F)(F)F.O=C1N[C@@H]2CCN(C(=O)c3nc4n(n3)CCNCC4)C[C@H]2O1. The van der Waals surface area contributed by atoms with Crippen molar-refractivity contribution in [3.8, 4) is 0 Å². The number of carboxylic acid groups (broad SMARTS) is 1. The molecule has 3 aliphatic rings. The number of carbonyl (C=O) groups excluding carboxylic acids is 2. The number of rotatable bonds is 1. The number of amides is 2. The summed E-state index contributed by atoms with van der Waals surface area (Å²) in [5, 5.41) is 17.5. The summed E-state index contributed by atoms with van der Waals surface area (Å²) in [6.07, 6.45) is -4.29. The van der Waals surface area contributed by atoms with Crippen LogP contribution in [0.1, 0.15) is 22.9 Å². The Morgan fingerprint density at radius 3 is 2.66 bits per heavy atom. The lowest BCUT2D eigenvalue weighted by molar-refractivity contribution is -0.192. The van der Waals surface area contributed by atoms with E-state index in [4.69, 9.17) is 14.6 Å². The van der Waals surface area contributed by atoms with Crippen molar-refractivity contribution in [2.75, 3.05) is 26.2 Å². The molecule has 11 nitrogen and oxygen atoms in total. The molecule has 4 rings (SSSR count). The van der Waals surface area contributed by atoms with Crippen molar-refractivity contribution in [1.82, 2.24) is 30.3 Å². The molecule has 1 aromatic heterocycles. The first-order valence-electron chi connectivity index (χ1n) is 8.86. The van der Waals surface area contributed by atoms with Crippen molar-refractivity contribution in [3.63, 3.8) is 0 Å². The zero-order valence-electron chi connectivity index (χ0n) is 15.1. The molecule has 3 N–H and O–H groups in total. The van der Waals surface area contributed by atoms with Crippen LogP contribution in [-0.4, -0.2) is 87.2 Å². The van der Waals surface area contributed by atoms with E-state index < -0.39 is 18.2 Å². The molecule has 2 fully saturated rings. The fourth-order valence-corrected chi connectivity index (χ4v) is 3.19. The molecule has 3 aliphatic heterocycles. The number of halogens is 3. The molecule has 160 valence electrons. The quantitative estimate of drug-likeness (QED) is 0.547. The Morgan fingerprint density at radius 1 is 1.24 bits per heavy atom. The normalized spacial score (nSPS) is 23.6. The van der Waals surface area contributed by atoms with Gasteiger partial charge in [0.05, 0.1) is 19.1 Å². The van der Waals surface area contributed by atoms with E-state index in [1.807, 2.05) is 0 Å². The minimum atomic E-state index is -5.08. The second kappa shape index (κ2) is 8.23. The first-order valence-corrected chi connectivity index (χ1v) is 8.86. The van der Waals surface area contributed by atoms with Crippen molar-refractivity contribution in [2.24, 2.45) is 0 Å². The van der Waals surface area contributed by atoms with Crippen molar-refractivity contribution in [1.29, 1.82) is 0 Å². The number of likely N-dealkylation sites (tertiary alicyclic amines) is 1. The van der Waals surface area contributed by atoms with Gasteiger partial charge in [-0.2, -0.15) is 13.2 Å². The number of alkyl halides is 3. The lowest BCUT2D eigenvalue weighted by atomic mass is 10.0. The molecule has 4 heterocycles. The van der Waals surface area contributed by atoms with Crippen LogP contribution in [0.15, 0.2) is 0 Å². The van der Waals surface area contributed by atoms with Crippen LogP contribution in [0.25, 0.3) is 0 Å². The predicted octanol–water partition coefficient (Wildman–Crippen LogP) is -0.620. The summed E-state index contributed by atoms with van der Waals surface area (Å²) in [5.41, 5.74) is 0. The van der Waals surface area contributed by atoms with Gasteiger partial charge in [0.2, 0.25) is 5.82 Å². The van der Waals surface area contributed by atoms with Crippen molar-refractivity contribution in [3.05, 3.63) is 11.6 Å². The van der Waals surface area contributed by atoms with Crippen LogP contribution in [0, 0.1) is 0 Å². The number of piperidine rings is 1. The third-order valence-electron chi connectivity index (χ3n) is 4.62. The van der Waals surface area contributed by atoms with Crippen molar-refractivity contribution < 1.29 is 37.4 Å². The van der Waals surface area contributed by atoms with Crippen LogP contribution in [0.5, 0.6) is 0 Å². The standard InChI is InChI=1S/C13H18N6O3.C2HF3O2/c20-12(11-16-10-1-3-14-4-6-19(10)17-11)18-5-2-8-9(7-18)22-13(21)15-8;3-2(4,5)1(6)7/h8-9,14H,1-7H2,(H,15,21);(H,6,7)/t8-,9-;/m1./s1. The Balaban J connectivity index is 0.000000298. The number of hydrogen-bond donors (Lipinski definition) is 3. The number of nitrogens with zero attached hydrogens (tertiary/aromatic N) is 4. The highest BCUT2D eigenvalue weighted by atomic mass is 19.4. The maximum atomic E-state index is 12.6. The third kappa shape index (κ3) is 4.93. The van der Waals surface area contributed by atoms with Gasteiger partial charge >= 0.3 is 18.2 Å². The van der Waals surface area contributed by atoms with Gasteiger partial charge in [0.1, 0.15) is 11.9 Å². The summed E-state index contributed by atoms with van der Waals surface area (Å²) < 4.78 is 38.7. The van der Waals surface area contributed by atoms with Gasteiger partial charge in [-0.3, -0.25) is 4.79 Å². The Bertz CT molecular complexity index is 774. The Labute approximate surface area is 162 Å². The van der Waals surface area contributed by atoms with E-state index in [1.165, 1.54) is 0 Å². The zero-order valence-corrected chi connectivity index (χ0v) is 15.1. The van der Waals surface area contributed by atoms with Gasteiger partial charge in [0.25, 0.3) is 5.91 Å². The summed E-state index contributed by atoms with van der Waals surface area (Å²) in [5.74, 6) is -1.85. The first kappa shape index (κ1) is 20.8. The molecular weight excluding hydrogens is 401 g/mol. The smallest absolute Gasteiger partial charge is 0.475 e. The highest BCUT2D eigenvalue weighted by molar-refractivity contribution is 5.90. The fraction of sp³-hybridized carbons (Fsp3) is 0.667. The van der Waals surface area contributed by atoms with Gasteiger partial charge in [0.15, 0.2) is 0 Å². The summed E-state index contributed by atoms with van der Waals surface area (Å²) in [6.45, 7) is 3.38. The van der Waals surface area contributed by atoms with E-state index in [0.717, 1.165) is 31.9 Å². The van der Waals surface area contributed by atoms with Crippen molar-refractivity contribution >= 4 is 18.0 Å². The molecule has 0 aliphatic carbocycles. The number of alkyl carbamates (subject to hydrolysis) is 1. The Hall–Kier alpha value is -2.90. The number of carboxylic acids is 1. The predicted molar refractivity (Wildman–Crippen MR) is 88.0 cm³/mol. The number of ether oxygens (including phenoxy) is 1. The molecule has 0 radical (unpaired) electrons. The van der Waals surface area contributed by atoms with Crippen LogP contribution in [0.4, 0.5) is 18.0 Å². The van der Waals surface area contributed by atoms with E-state index in [0.29, 0.717) is 19.5 Å². The van der Waals surface area contributed by atoms with Gasteiger partial charge in [-0.05, 0) is 6.42 Å². The molecular formula is C15H19F3N6O5. The summed E-state index contributed by atoms with van der Waals surface area (Å²) in [6, 6.07) is 0.00861. The molecule has 0 bridgehead atoms. The number of fused-ring (bicyclic) bond motifs is 2. The summed E-state index contributed by atoms with van der Waals surface area (Å²) in [4.78, 5) is 38.8. The first-order chi connectivity index (χ1) is 13.6. The highest BCUT2D eigenvalue weighted by Gasteiger charge is 2.41. The lowest BCUT2D eigenvalue weighted by Gasteiger charge is -2.32. The molecule has 29 heavy (non-hydrogen) atoms. The molecule has 2 atom stereocenters. The lowest BCUT2D eigenvalue weighted by Crippen LogP contribution is -2.50. The number of carbonyl (C=O) groups is 3. The molecule has 1 aromatic rings. The van der Waals surface area contributed by atoms with Crippen LogP contribution >= 0.6 is 0 Å². The van der Waals surface area contributed by atoms with Gasteiger partial charge in [-0.1, -0.05) is 0 Å². The van der Waals surface area contributed by atoms with Gasteiger partial charge in [-0.15, -0.1) is 5.10 Å². The fourth-order valence-electron chi connectivity index (χ4n) is 3.19. The van der Waals surface area contributed by atoms with Gasteiger partial charge < -0.3 is 25.4 Å². The molecule has 0 aromatic carbocycles. The largest absolute Gasteiger partial charge is 0.490 e. The summed E-state index contributed by atoms with van der Waals surface area (Å²) in [7, 11) is 0. The van der Waals surface area contributed by atoms with E-state index in [2.05, 4.69) is 20.7 Å². The van der Waals surface area contributed by atoms with Crippen LogP contribution in [-0.2, 0) is 22.5 Å². The second-order valence-electron chi connectivity index (χ2n) is 6.61. The molecule has 2 saturated heterocycles. The average molecular weight is 420 g/mol. The topological polar surface area (TPSA) is 139 Å². The highest BCUT2D eigenvalue weighted by Crippen LogP contribution is 2.20. The molecule has 2 amide bonds. The van der Waals surface area contributed by atoms with Crippen LogP contribution in [0.2, 0.25) is 0 Å². The molecule has 14 heteroatoms. The monoisotopic (exact) mass is 420 g/mol. The molecule has 0 saturated carbocycles. The van der Waals surface area contributed by atoms with Gasteiger partial charge in [-0.25, -0.2) is 19.3 Å². The third-order valence-corrected chi connectivity index (χ3v) is 4.62. The minimum Gasteiger partial charge on any atom is -0.475 e. The number of aliphatic carboxylic acids is 1. The van der Waals surface area contributed by atoms with E-state index in [9.17, 15) is 22.8 Å².